The third-order valence-electron chi connectivity index (χ3n) is 2.70. The Morgan fingerprint density at radius 3 is 2.38 bits per heavy atom. The van der Waals surface area contributed by atoms with Crippen LogP contribution in [0.1, 0.15) is 25.0 Å². The van der Waals surface area contributed by atoms with E-state index in [1.165, 1.54) is 6.07 Å². The van der Waals surface area contributed by atoms with Crippen molar-refractivity contribution in [2.75, 3.05) is 0 Å². The Morgan fingerprint density at radius 1 is 1.31 bits per heavy atom. The van der Waals surface area contributed by atoms with E-state index in [0.29, 0.717) is 11.1 Å². The molecule has 0 heterocycles. The zero-order chi connectivity index (χ0) is 12.5. The molecule has 0 saturated heterocycles. The van der Waals surface area contributed by atoms with E-state index in [1.54, 1.807) is 26.8 Å². The Hall–Kier alpha value is -1.71. The lowest BCUT2D eigenvalue weighted by atomic mass is 9.85. The lowest BCUT2D eigenvalue weighted by molar-refractivity contribution is -0.146. The maximum atomic E-state index is 11.0. The van der Waals surface area contributed by atoms with E-state index in [1.807, 2.05) is 0 Å². The third-order valence-corrected chi connectivity index (χ3v) is 2.70. The average molecular weight is 224 g/mol. The molecule has 1 aromatic carbocycles. The normalized spacial score (nSPS) is 11.4. The molecule has 0 aliphatic carbocycles. The summed E-state index contributed by atoms with van der Waals surface area (Å²) in [5, 5.41) is 28.1. The summed E-state index contributed by atoms with van der Waals surface area (Å²) >= 11 is 0. The first-order valence-corrected chi connectivity index (χ1v) is 4.99. The molecule has 4 nitrogen and oxygen atoms in total. The van der Waals surface area contributed by atoms with Gasteiger partial charge >= 0.3 is 5.97 Å². The van der Waals surface area contributed by atoms with Gasteiger partial charge in [-0.05, 0) is 38.8 Å². The number of phenols is 2. The van der Waals surface area contributed by atoms with E-state index in [4.69, 9.17) is 5.11 Å². The van der Waals surface area contributed by atoms with Crippen molar-refractivity contribution in [1.29, 1.82) is 0 Å². The third kappa shape index (κ3) is 2.27. The molecule has 0 atom stereocenters. The maximum Gasteiger partial charge on any atom is 0.309 e. The van der Waals surface area contributed by atoms with Gasteiger partial charge in [-0.3, -0.25) is 4.79 Å². The van der Waals surface area contributed by atoms with Crippen LogP contribution < -0.4 is 0 Å². The van der Waals surface area contributed by atoms with E-state index in [-0.39, 0.29) is 17.9 Å². The average Bonchev–Trinajstić information content (AvgIpc) is 2.19. The number of carboxylic acids is 1. The molecule has 1 aromatic rings. The topological polar surface area (TPSA) is 77.8 Å². The molecular formula is C12H16O4. The first-order valence-electron chi connectivity index (χ1n) is 4.99. The molecule has 0 aliphatic rings. The highest BCUT2D eigenvalue weighted by Gasteiger charge is 2.28. The first kappa shape index (κ1) is 12.4. The van der Waals surface area contributed by atoms with Crippen molar-refractivity contribution >= 4 is 5.97 Å². The summed E-state index contributed by atoms with van der Waals surface area (Å²) in [4.78, 5) is 11.0. The molecule has 1 rings (SSSR count). The SMILES string of the molecule is Cc1c(O)ccc(CC(C)(C)C(=O)O)c1O. The van der Waals surface area contributed by atoms with Crippen LogP contribution in [0, 0.1) is 12.3 Å². The van der Waals surface area contributed by atoms with Crippen LogP contribution in [-0.4, -0.2) is 21.3 Å². The summed E-state index contributed by atoms with van der Waals surface area (Å²) < 4.78 is 0. The first-order chi connectivity index (χ1) is 7.25. The fourth-order valence-electron chi connectivity index (χ4n) is 1.44. The lowest BCUT2D eigenvalue weighted by Gasteiger charge is -2.20. The summed E-state index contributed by atoms with van der Waals surface area (Å²) in [7, 11) is 0. The van der Waals surface area contributed by atoms with E-state index >= 15 is 0 Å². The minimum atomic E-state index is -0.944. The summed E-state index contributed by atoms with van der Waals surface area (Å²) in [6, 6.07) is 3.00. The van der Waals surface area contributed by atoms with Gasteiger partial charge in [0.25, 0.3) is 0 Å². The highest BCUT2D eigenvalue weighted by molar-refractivity contribution is 5.74. The molecule has 16 heavy (non-hydrogen) atoms. The Kier molecular flexibility index (Phi) is 3.12. The summed E-state index contributed by atoms with van der Waals surface area (Å²) in [5.41, 5.74) is -0.0395. The molecule has 0 unspecified atom stereocenters. The van der Waals surface area contributed by atoms with Crippen molar-refractivity contribution in [3.63, 3.8) is 0 Å². The van der Waals surface area contributed by atoms with Crippen LogP contribution in [0.15, 0.2) is 12.1 Å². The van der Waals surface area contributed by atoms with Gasteiger partial charge in [0.05, 0.1) is 5.41 Å². The van der Waals surface area contributed by atoms with Gasteiger partial charge in [0, 0.05) is 5.56 Å². The smallest absolute Gasteiger partial charge is 0.309 e. The molecule has 3 N–H and O–H groups in total. The van der Waals surface area contributed by atoms with E-state index in [9.17, 15) is 15.0 Å². The van der Waals surface area contributed by atoms with Gasteiger partial charge < -0.3 is 15.3 Å². The van der Waals surface area contributed by atoms with Crippen LogP contribution in [0.3, 0.4) is 0 Å². The summed E-state index contributed by atoms with van der Waals surface area (Å²) in [6.45, 7) is 4.77. The summed E-state index contributed by atoms with van der Waals surface area (Å²) in [6.07, 6.45) is 0.218. The Morgan fingerprint density at radius 2 is 1.88 bits per heavy atom. The second-order valence-electron chi connectivity index (χ2n) is 4.58. The molecule has 0 bridgehead atoms. The van der Waals surface area contributed by atoms with E-state index < -0.39 is 11.4 Å². The van der Waals surface area contributed by atoms with Gasteiger partial charge in [0.2, 0.25) is 0 Å². The van der Waals surface area contributed by atoms with Crippen LogP contribution in [0.2, 0.25) is 0 Å². The number of phenolic OH excluding ortho intramolecular Hbond substituents is 2. The molecule has 0 saturated carbocycles. The van der Waals surface area contributed by atoms with Crippen LogP contribution in [0.4, 0.5) is 0 Å². The number of rotatable bonds is 3. The number of benzene rings is 1. The van der Waals surface area contributed by atoms with Gasteiger partial charge in [-0.15, -0.1) is 0 Å². The monoisotopic (exact) mass is 224 g/mol. The van der Waals surface area contributed by atoms with Gasteiger partial charge in [0.15, 0.2) is 0 Å². The molecule has 0 aliphatic heterocycles. The van der Waals surface area contributed by atoms with Crippen LogP contribution in [0.25, 0.3) is 0 Å². The van der Waals surface area contributed by atoms with Crippen molar-refractivity contribution in [2.24, 2.45) is 5.41 Å². The predicted octanol–water partition coefficient (Wildman–Crippen LogP) is 2.06. The van der Waals surface area contributed by atoms with Crippen molar-refractivity contribution in [3.8, 4) is 11.5 Å². The number of aromatic hydroxyl groups is 2. The van der Waals surface area contributed by atoms with Crippen molar-refractivity contribution in [1.82, 2.24) is 0 Å². The maximum absolute atomic E-state index is 11.0. The number of aliphatic carboxylic acids is 1. The molecule has 0 fully saturated rings. The highest BCUT2D eigenvalue weighted by Crippen LogP contribution is 2.33. The fourth-order valence-corrected chi connectivity index (χ4v) is 1.44. The summed E-state index contributed by atoms with van der Waals surface area (Å²) in [5.74, 6) is -0.943. The van der Waals surface area contributed by atoms with Crippen LogP contribution in [0.5, 0.6) is 11.5 Å². The van der Waals surface area contributed by atoms with Crippen LogP contribution in [-0.2, 0) is 11.2 Å². The van der Waals surface area contributed by atoms with Crippen molar-refractivity contribution < 1.29 is 20.1 Å². The molecule has 4 heteroatoms. The van der Waals surface area contributed by atoms with Gasteiger partial charge in [-0.2, -0.15) is 0 Å². The Balaban J connectivity index is 3.08. The molecule has 0 aromatic heterocycles. The zero-order valence-corrected chi connectivity index (χ0v) is 9.61. The predicted molar refractivity (Wildman–Crippen MR) is 59.6 cm³/mol. The minimum Gasteiger partial charge on any atom is -0.508 e. The zero-order valence-electron chi connectivity index (χ0n) is 9.61. The number of carbonyl (C=O) groups is 1. The number of hydrogen-bond acceptors (Lipinski definition) is 3. The number of hydrogen-bond donors (Lipinski definition) is 3. The second-order valence-corrected chi connectivity index (χ2v) is 4.58. The number of carboxylic acid groups (broad SMARTS) is 1. The standard InChI is InChI=1S/C12H16O4/c1-7-9(13)5-4-8(10(7)14)6-12(2,3)11(15)16/h4-5,13-14H,6H2,1-3H3,(H,15,16). The molecule has 0 amide bonds. The molecular weight excluding hydrogens is 208 g/mol. The van der Waals surface area contributed by atoms with E-state index in [0.717, 1.165) is 0 Å². The minimum absolute atomic E-state index is 0.00869. The molecule has 0 spiro atoms. The largest absolute Gasteiger partial charge is 0.508 e. The molecule has 0 radical (unpaired) electrons. The Labute approximate surface area is 94.2 Å². The second kappa shape index (κ2) is 4.04. The quantitative estimate of drug-likeness (QED) is 0.734. The lowest BCUT2D eigenvalue weighted by Crippen LogP contribution is -2.26. The van der Waals surface area contributed by atoms with Crippen molar-refractivity contribution in [3.05, 3.63) is 23.3 Å². The van der Waals surface area contributed by atoms with Gasteiger partial charge in [-0.1, -0.05) is 6.07 Å². The molecule has 88 valence electrons. The van der Waals surface area contributed by atoms with Crippen LogP contribution >= 0.6 is 0 Å². The van der Waals surface area contributed by atoms with Crippen molar-refractivity contribution in [2.45, 2.75) is 27.2 Å². The highest BCUT2D eigenvalue weighted by atomic mass is 16.4. The van der Waals surface area contributed by atoms with E-state index in [2.05, 4.69) is 0 Å². The fraction of sp³-hybridized carbons (Fsp3) is 0.417. The Bertz CT molecular complexity index is 421. The van der Waals surface area contributed by atoms with Gasteiger partial charge in [-0.25, -0.2) is 0 Å². The van der Waals surface area contributed by atoms with Gasteiger partial charge in [0.1, 0.15) is 11.5 Å².